The molecule has 9 nitrogen and oxygen atoms in total. The number of carbonyl (C=O) groups is 1. The summed E-state index contributed by atoms with van der Waals surface area (Å²) in [6.07, 6.45) is -1.09. The number of nitrogens with zero attached hydrogens (tertiary/aromatic N) is 3. The lowest BCUT2D eigenvalue weighted by Crippen LogP contribution is -2.48. The van der Waals surface area contributed by atoms with Gasteiger partial charge >= 0.3 is 0 Å². The molecule has 0 bridgehead atoms. The number of sulfonamides is 1. The van der Waals surface area contributed by atoms with E-state index in [0.717, 1.165) is 16.9 Å². The SMILES string of the molecule is COc1ccc(-c2nnc(NC(=O)[C@H]3CN(S(=O)(=O)c4ccc(C)cc4)c4ccccc4O3)s2)cc1. The van der Waals surface area contributed by atoms with Crippen molar-refractivity contribution in [1.29, 1.82) is 0 Å². The smallest absolute Gasteiger partial charge is 0.269 e. The summed E-state index contributed by atoms with van der Waals surface area (Å²) < 4.78 is 39.3. The predicted octanol–water partition coefficient (Wildman–Crippen LogP) is 4.12. The van der Waals surface area contributed by atoms with Gasteiger partial charge in [0.2, 0.25) is 5.13 Å². The largest absolute Gasteiger partial charge is 0.497 e. The number of fused-ring (bicyclic) bond motifs is 1. The Hall–Kier alpha value is -3.96. The van der Waals surface area contributed by atoms with Crippen LogP contribution in [0.15, 0.2) is 77.7 Å². The molecular formula is C25H22N4O5S2. The number of hydrogen-bond acceptors (Lipinski definition) is 8. The maximum atomic E-state index is 13.5. The van der Waals surface area contributed by atoms with Crippen LogP contribution in [-0.2, 0) is 14.8 Å². The minimum absolute atomic E-state index is 0.136. The number of hydrogen-bond donors (Lipinski definition) is 1. The molecule has 0 unspecified atom stereocenters. The third-order valence-electron chi connectivity index (χ3n) is 5.63. The average molecular weight is 523 g/mol. The summed E-state index contributed by atoms with van der Waals surface area (Å²) in [5, 5.41) is 11.8. The van der Waals surface area contributed by atoms with Gasteiger partial charge < -0.3 is 9.47 Å². The van der Waals surface area contributed by atoms with Crippen LogP contribution < -0.4 is 19.1 Å². The maximum Gasteiger partial charge on any atom is 0.269 e. The second-order valence-electron chi connectivity index (χ2n) is 8.05. The van der Waals surface area contributed by atoms with Crippen LogP contribution >= 0.6 is 11.3 Å². The summed E-state index contributed by atoms with van der Waals surface area (Å²) >= 11 is 1.20. The lowest BCUT2D eigenvalue weighted by Gasteiger charge is -2.34. The molecule has 1 N–H and O–H groups in total. The molecule has 1 aliphatic heterocycles. The first-order chi connectivity index (χ1) is 17.3. The van der Waals surface area contributed by atoms with E-state index in [2.05, 4.69) is 15.5 Å². The molecule has 1 aliphatic rings. The van der Waals surface area contributed by atoms with E-state index in [4.69, 9.17) is 9.47 Å². The van der Waals surface area contributed by atoms with Crippen LogP contribution in [0, 0.1) is 6.92 Å². The third kappa shape index (κ3) is 4.62. The molecule has 1 amide bonds. The number of para-hydroxylation sites is 2. The van der Waals surface area contributed by atoms with E-state index in [-0.39, 0.29) is 16.6 Å². The van der Waals surface area contributed by atoms with Crippen molar-refractivity contribution in [2.24, 2.45) is 0 Å². The molecule has 184 valence electrons. The first-order valence-electron chi connectivity index (χ1n) is 11.0. The number of nitrogens with one attached hydrogen (secondary N) is 1. The average Bonchev–Trinajstić information content (AvgIpc) is 3.36. The van der Waals surface area contributed by atoms with Gasteiger partial charge in [-0.3, -0.25) is 14.4 Å². The number of aryl methyl sites for hydroxylation is 1. The van der Waals surface area contributed by atoms with Crippen molar-refractivity contribution in [3.63, 3.8) is 0 Å². The Morgan fingerprint density at radius 1 is 1.06 bits per heavy atom. The fraction of sp³-hybridized carbons (Fsp3) is 0.160. The Kier molecular flexibility index (Phi) is 6.33. The second-order valence-corrected chi connectivity index (χ2v) is 10.9. The van der Waals surface area contributed by atoms with Crippen molar-refractivity contribution < 1.29 is 22.7 Å². The molecule has 3 aromatic carbocycles. The third-order valence-corrected chi connectivity index (χ3v) is 8.31. The lowest BCUT2D eigenvalue weighted by atomic mass is 10.2. The zero-order chi connectivity index (χ0) is 25.3. The van der Waals surface area contributed by atoms with E-state index >= 15 is 0 Å². The van der Waals surface area contributed by atoms with E-state index < -0.39 is 22.0 Å². The Morgan fingerprint density at radius 2 is 1.78 bits per heavy atom. The first-order valence-corrected chi connectivity index (χ1v) is 13.2. The van der Waals surface area contributed by atoms with Gasteiger partial charge in [0.1, 0.15) is 16.5 Å². The number of amides is 1. The molecule has 4 aromatic rings. The van der Waals surface area contributed by atoms with E-state index in [0.29, 0.717) is 16.4 Å². The van der Waals surface area contributed by atoms with Gasteiger partial charge in [-0.25, -0.2) is 8.42 Å². The van der Waals surface area contributed by atoms with Crippen molar-refractivity contribution in [1.82, 2.24) is 10.2 Å². The van der Waals surface area contributed by atoms with Gasteiger partial charge in [0.25, 0.3) is 15.9 Å². The van der Waals surface area contributed by atoms with Gasteiger partial charge in [-0.15, -0.1) is 10.2 Å². The number of benzene rings is 3. The van der Waals surface area contributed by atoms with Crippen LogP contribution in [0.25, 0.3) is 10.6 Å². The van der Waals surface area contributed by atoms with Crippen LogP contribution in [0.2, 0.25) is 0 Å². The van der Waals surface area contributed by atoms with Crippen LogP contribution in [-0.4, -0.2) is 44.3 Å². The molecule has 11 heteroatoms. The molecule has 0 saturated carbocycles. The zero-order valence-corrected chi connectivity index (χ0v) is 21.0. The molecule has 0 spiro atoms. The van der Waals surface area contributed by atoms with Gasteiger partial charge in [-0.1, -0.05) is 41.2 Å². The highest BCUT2D eigenvalue weighted by Crippen LogP contribution is 2.37. The Balaban J connectivity index is 1.38. The number of rotatable bonds is 6. The summed E-state index contributed by atoms with van der Waals surface area (Å²) in [4.78, 5) is 13.3. The van der Waals surface area contributed by atoms with Gasteiger partial charge in [0.15, 0.2) is 6.10 Å². The number of ether oxygens (including phenoxy) is 2. The highest BCUT2D eigenvalue weighted by atomic mass is 32.2. The summed E-state index contributed by atoms with van der Waals surface area (Å²) in [5.41, 5.74) is 2.14. The van der Waals surface area contributed by atoms with Gasteiger partial charge in [-0.2, -0.15) is 0 Å². The lowest BCUT2D eigenvalue weighted by molar-refractivity contribution is -0.122. The predicted molar refractivity (Wildman–Crippen MR) is 137 cm³/mol. The molecule has 2 heterocycles. The molecule has 0 saturated heterocycles. The molecule has 0 fully saturated rings. The van der Waals surface area contributed by atoms with Crippen molar-refractivity contribution in [3.8, 4) is 22.1 Å². The molecule has 1 aromatic heterocycles. The van der Waals surface area contributed by atoms with Crippen molar-refractivity contribution >= 4 is 38.1 Å². The van der Waals surface area contributed by atoms with Crippen molar-refractivity contribution in [3.05, 3.63) is 78.4 Å². The van der Waals surface area contributed by atoms with Gasteiger partial charge in [0.05, 0.1) is 24.2 Å². The fourth-order valence-corrected chi connectivity index (χ4v) is 5.94. The van der Waals surface area contributed by atoms with E-state index in [9.17, 15) is 13.2 Å². The van der Waals surface area contributed by atoms with Crippen molar-refractivity contribution in [2.75, 3.05) is 23.3 Å². The Morgan fingerprint density at radius 3 is 2.50 bits per heavy atom. The number of anilines is 2. The molecule has 0 aliphatic carbocycles. The minimum atomic E-state index is -3.93. The molecule has 0 radical (unpaired) electrons. The first kappa shape index (κ1) is 23.8. The zero-order valence-electron chi connectivity index (χ0n) is 19.4. The number of aromatic nitrogens is 2. The molecule has 5 rings (SSSR count). The summed E-state index contributed by atoms with van der Waals surface area (Å²) in [5.74, 6) is 0.499. The summed E-state index contributed by atoms with van der Waals surface area (Å²) in [6, 6.07) is 20.6. The Labute approximate surface area is 212 Å². The van der Waals surface area contributed by atoms with E-state index in [1.54, 1.807) is 55.6 Å². The quantitative estimate of drug-likeness (QED) is 0.406. The second kappa shape index (κ2) is 9.59. The van der Waals surface area contributed by atoms with Crippen LogP contribution in [0.1, 0.15) is 5.56 Å². The Bertz CT molecular complexity index is 1500. The highest BCUT2D eigenvalue weighted by Gasteiger charge is 2.37. The molecular weight excluding hydrogens is 500 g/mol. The molecule has 1 atom stereocenters. The normalized spacial score (nSPS) is 15.1. The van der Waals surface area contributed by atoms with Gasteiger partial charge in [0, 0.05) is 5.56 Å². The highest BCUT2D eigenvalue weighted by molar-refractivity contribution is 7.92. The summed E-state index contributed by atoms with van der Waals surface area (Å²) in [6.45, 7) is 1.69. The van der Waals surface area contributed by atoms with E-state index in [1.165, 1.54) is 15.6 Å². The van der Waals surface area contributed by atoms with Crippen LogP contribution in [0.5, 0.6) is 11.5 Å². The maximum absolute atomic E-state index is 13.5. The minimum Gasteiger partial charge on any atom is -0.497 e. The standard InChI is InChI=1S/C25H22N4O5S2/c1-16-7-13-19(14-8-16)36(31,32)29-15-22(34-21-6-4-3-5-20(21)29)23(30)26-25-28-27-24(35-25)17-9-11-18(33-2)12-10-17/h3-14,22H,15H2,1-2H3,(H,26,28,30)/t22-/m1/s1. The van der Waals surface area contributed by atoms with Crippen LogP contribution in [0.4, 0.5) is 10.8 Å². The number of carbonyl (C=O) groups excluding carboxylic acids is 1. The molecule has 36 heavy (non-hydrogen) atoms. The van der Waals surface area contributed by atoms with Crippen molar-refractivity contribution in [2.45, 2.75) is 17.9 Å². The van der Waals surface area contributed by atoms with Gasteiger partial charge in [-0.05, 0) is 55.5 Å². The van der Waals surface area contributed by atoms with E-state index in [1.807, 2.05) is 31.2 Å². The van der Waals surface area contributed by atoms with Crippen LogP contribution in [0.3, 0.4) is 0 Å². The fourth-order valence-electron chi connectivity index (χ4n) is 3.71. The monoisotopic (exact) mass is 522 g/mol. The topological polar surface area (TPSA) is 111 Å². The summed E-state index contributed by atoms with van der Waals surface area (Å²) in [7, 11) is -2.34. The number of methoxy groups -OCH3 is 1.